The minimum Gasteiger partial charge on any atom is -0.338 e. The van der Waals surface area contributed by atoms with E-state index < -0.39 is 9.84 Å². The Balaban J connectivity index is 1.75. The van der Waals surface area contributed by atoms with Crippen molar-refractivity contribution < 1.29 is 8.42 Å². The zero-order valence-electron chi connectivity index (χ0n) is 17.2. The molecule has 0 fully saturated rings. The van der Waals surface area contributed by atoms with Crippen molar-refractivity contribution in [2.24, 2.45) is 0 Å². The van der Waals surface area contributed by atoms with Crippen LogP contribution in [-0.2, 0) is 9.84 Å². The molecule has 0 aliphatic heterocycles. The molecule has 0 saturated carbocycles. The van der Waals surface area contributed by atoms with Crippen molar-refractivity contribution in [1.82, 2.24) is 19.8 Å². The largest absolute Gasteiger partial charge is 0.338 e. The summed E-state index contributed by atoms with van der Waals surface area (Å²) in [5.74, 6) is 0.458. The van der Waals surface area contributed by atoms with Crippen LogP contribution in [0, 0.1) is 13.8 Å². The van der Waals surface area contributed by atoms with Crippen molar-refractivity contribution in [3.63, 3.8) is 0 Å². The maximum atomic E-state index is 13.4. The zero-order chi connectivity index (χ0) is 22.5. The SMILES string of the molecule is Cc1ccc(S(=O)(=O)c2nnn3c2nc(Nc2ccccc2Cl)c2ccccc23)cc1C. The molecule has 160 valence electrons. The minimum absolute atomic E-state index is 0.136. The quantitative estimate of drug-likeness (QED) is 0.397. The Hall–Kier alpha value is -3.49. The molecule has 32 heavy (non-hydrogen) atoms. The maximum Gasteiger partial charge on any atom is 0.229 e. The summed E-state index contributed by atoms with van der Waals surface area (Å²) in [6, 6.07) is 19.7. The van der Waals surface area contributed by atoms with E-state index in [1.807, 2.05) is 56.3 Å². The third-order valence-corrected chi connectivity index (χ3v) is 7.37. The van der Waals surface area contributed by atoms with Crippen LogP contribution in [0.3, 0.4) is 0 Å². The van der Waals surface area contributed by atoms with Gasteiger partial charge in [-0.3, -0.25) is 0 Å². The van der Waals surface area contributed by atoms with Crippen molar-refractivity contribution in [2.75, 3.05) is 5.32 Å². The predicted molar refractivity (Wildman–Crippen MR) is 124 cm³/mol. The number of benzene rings is 3. The summed E-state index contributed by atoms with van der Waals surface area (Å²) in [4.78, 5) is 4.77. The van der Waals surface area contributed by atoms with Crippen LogP contribution in [0.4, 0.5) is 11.5 Å². The molecule has 0 atom stereocenters. The van der Waals surface area contributed by atoms with Gasteiger partial charge < -0.3 is 5.32 Å². The lowest BCUT2D eigenvalue weighted by molar-refractivity contribution is 0.592. The van der Waals surface area contributed by atoms with Crippen LogP contribution >= 0.6 is 11.6 Å². The van der Waals surface area contributed by atoms with E-state index in [4.69, 9.17) is 11.6 Å². The van der Waals surface area contributed by atoms with E-state index in [0.29, 0.717) is 22.0 Å². The third-order valence-electron chi connectivity index (χ3n) is 5.39. The maximum absolute atomic E-state index is 13.4. The molecule has 3 aromatic carbocycles. The van der Waals surface area contributed by atoms with Crippen molar-refractivity contribution in [1.29, 1.82) is 0 Å². The van der Waals surface area contributed by atoms with E-state index in [-0.39, 0.29) is 15.6 Å². The van der Waals surface area contributed by atoms with Gasteiger partial charge in [0, 0.05) is 5.39 Å². The molecular formula is C23H18ClN5O2S. The van der Waals surface area contributed by atoms with Crippen molar-refractivity contribution in [3.05, 3.63) is 82.9 Å². The van der Waals surface area contributed by atoms with Gasteiger partial charge in [-0.25, -0.2) is 13.4 Å². The summed E-state index contributed by atoms with van der Waals surface area (Å²) in [5.41, 5.74) is 3.34. The average Bonchev–Trinajstić information content (AvgIpc) is 3.22. The Morgan fingerprint density at radius 1 is 0.938 bits per heavy atom. The van der Waals surface area contributed by atoms with Gasteiger partial charge in [-0.2, -0.15) is 4.52 Å². The number of nitrogens with zero attached hydrogens (tertiary/aromatic N) is 4. The molecule has 0 spiro atoms. The van der Waals surface area contributed by atoms with Gasteiger partial charge in [0.15, 0.2) is 5.65 Å². The molecule has 5 rings (SSSR count). The van der Waals surface area contributed by atoms with Gasteiger partial charge >= 0.3 is 0 Å². The molecule has 0 aliphatic carbocycles. The standard InChI is InChI=1S/C23H18ClN5O2S/c1-14-11-12-16(13-15(14)2)32(30,31)23-22-26-21(25-19-9-5-4-8-18(19)24)17-7-3-6-10-20(17)29(22)28-27-23/h3-13H,1-2H3,(H,25,26). The number of halogens is 1. The second kappa shape index (κ2) is 7.58. The van der Waals surface area contributed by atoms with Crippen LogP contribution < -0.4 is 5.32 Å². The van der Waals surface area contributed by atoms with E-state index in [1.165, 1.54) is 4.52 Å². The van der Waals surface area contributed by atoms with Gasteiger partial charge in [-0.1, -0.05) is 47.1 Å². The number of aromatic nitrogens is 4. The molecule has 2 heterocycles. The molecule has 0 bridgehead atoms. The van der Waals surface area contributed by atoms with Crippen molar-refractivity contribution >= 4 is 49.5 Å². The lowest BCUT2D eigenvalue weighted by Crippen LogP contribution is -2.06. The first kappa shape index (κ1) is 20.4. The topological polar surface area (TPSA) is 89.2 Å². The summed E-state index contributed by atoms with van der Waals surface area (Å²) in [6.07, 6.45) is 0. The second-order valence-corrected chi connectivity index (χ2v) is 9.73. The van der Waals surface area contributed by atoms with E-state index in [1.54, 1.807) is 24.3 Å². The van der Waals surface area contributed by atoms with Crippen molar-refractivity contribution in [2.45, 2.75) is 23.8 Å². The van der Waals surface area contributed by atoms with Crippen LogP contribution in [0.1, 0.15) is 11.1 Å². The number of nitrogens with one attached hydrogen (secondary N) is 1. The fourth-order valence-electron chi connectivity index (χ4n) is 3.50. The highest BCUT2D eigenvalue weighted by Gasteiger charge is 2.27. The number of para-hydroxylation sites is 2. The van der Waals surface area contributed by atoms with Crippen LogP contribution in [0.15, 0.2) is 76.7 Å². The molecule has 2 aromatic heterocycles. The monoisotopic (exact) mass is 463 g/mol. The van der Waals surface area contributed by atoms with Crippen LogP contribution in [0.25, 0.3) is 16.6 Å². The highest BCUT2D eigenvalue weighted by molar-refractivity contribution is 7.91. The van der Waals surface area contributed by atoms with Crippen LogP contribution in [-0.4, -0.2) is 28.2 Å². The molecule has 0 amide bonds. The fraction of sp³-hybridized carbons (Fsp3) is 0.0870. The van der Waals surface area contributed by atoms with Gasteiger partial charge in [0.2, 0.25) is 14.9 Å². The minimum atomic E-state index is -3.94. The molecule has 0 radical (unpaired) electrons. The number of hydrogen-bond donors (Lipinski definition) is 1. The highest BCUT2D eigenvalue weighted by Crippen LogP contribution is 2.31. The molecule has 5 aromatic rings. The molecule has 0 unspecified atom stereocenters. The Kier molecular flexibility index (Phi) is 4.83. The van der Waals surface area contributed by atoms with Crippen molar-refractivity contribution in [3.8, 4) is 0 Å². The Morgan fingerprint density at radius 2 is 1.69 bits per heavy atom. The molecule has 9 heteroatoms. The first-order valence-electron chi connectivity index (χ1n) is 9.84. The summed E-state index contributed by atoms with van der Waals surface area (Å²) in [7, 11) is -3.94. The van der Waals surface area contributed by atoms with E-state index in [0.717, 1.165) is 16.5 Å². The molecule has 0 saturated heterocycles. The first-order chi connectivity index (χ1) is 15.4. The zero-order valence-corrected chi connectivity index (χ0v) is 18.8. The lowest BCUT2D eigenvalue weighted by Gasteiger charge is -2.11. The number of rotatable bonds is 4. The second-order valence-electron chi connectivity index (χ2n) is 7.46. The molecular weight excluding hydrogens is 446 g/mol. The van der Waals surface area contributed by atoms with E-state index in [9.17, 15) is 8.42 Å². The number of hydrogen-bond acceptors (Lipinski definition) is 6. The Labute approximate surface area is 189 Å². The Bertz CT molecular complexity index is 1610. The van der Waals surface area contributed by atoms with E-state index in [2.05, 4.69) is 20.6 Å². The lowest BCUT2D eigenvalue weighted by atomic mass is 10.1. The summed E-state index contributed by atoms with van der Waals surface area (Å²) in [5, 5.41) is 12.4. The number of fused-ring (bicyclic) bond motifs is 3. The third kappa shape index (κ3) is 3.28. The summed E-state index contributed by atoms with van der Waals surface area (Å²) >= 11 is 6.32. The van der Waals surface area contributed by atoms with Crippen LogP contribution in [0.2, 0.25) is 5.02 Å². The van der Waals surface area contributed by atoms with Gasteiger partial charge in [0.1, 0.15) is 5.82 Å². The molecule has 1 N–H and O–H groups in total. The molecule has 0 aliphatic rings. The van der Waals surface area contributed by atoms with Gasteiger partial charge in [0.05, 0.1) is 21.1 Å². The number of sulfone groups is 1. The van der Waals surface area contributed by atoms with Crippen LogP contribution in [0.5, 0.6) is 0 Å². The summed E-state index contributed by atoms with van der Waals surface area (Å²) < 4.78 is 28.3. The normalized spacial score (nSPS) is 11.8. The Morgan fingerprint density at radius 3 is 2.47 bits per heavy atom. The fourth-order valence-corrected chi connectivity index (χ4v) is 5.00. The smallest absolute Gasteiger partial charge is 0.229 e. The molecule has 7 nitrogen and oxygen atoms in total. The van der Waals surface area contributed by atoms with Gasteiger partial charge in [0.25, 0.3) is 0 Å². The number of anilines is 2. The predicted octanol–water partition coefficient (Wildman–Crippen LogP) is 5.12. The summed E-state index contributed by atoms with van der Waals surface area (Å²) in [6.45, 7) is 3.80. The van der Waals surface area contributed by atoms with Gasteiger partial charge in [-0.05, 0) is 61.4 Å². The highest BCUT2D eigenvalue weighted by atomic mass is 35.5. The van der Waals surface area contributed by atoms with E-state index >= 15 is 0 Å². The number of aryl methyl sites for hydroxylation is 2. The van der Waals surface area contributed by atoms with Gasteiger partial charge in [-0.15, -0.1) is 5.10 Å². The average molecular weight is 464 g/mol. The first-order valence-corrected chi connectivity index (χ1v) is 11.7.